The summed E-state index contributed by atoms with van der Waals surface area (Å²) in [7, 11) is -11.2. The van der Waals surface area contributed by atoms with Crippen molar-refractivity contribution in [2.75, 3.05) is 0 Å². The summed E-state index contributed by atoms with van der Waals surface area (Å²) in [5, 5.41) is 0. The SMILES string of the molecule is [H+].[Ni+2].[Ni+2].[Ni+2].[O-][Si]([O-])([O-])[O-].[O-][Si]([O-])([O-])[O-].[OH3+]. The maximum Gasteiger partial charge on any atom is 2.00 e. The van der Waals surface area contributed by atoms with Gasteiger partial charge in [-0.3, -0.25) is 0 Å². The Morgan fingerprint density at radius 1 is 0.500 bits per heavy atom. The van der Waals surface area contributed by atoms with Gasteiger partial charge in [-0.1, -0.05) is 0 Å². The van der Waals surface area contributed by atoms with Crippen molar-refractivity contribution in [2.45, 2.75) is 0 Å². The monoisotopic (exact) mass is 378 g/mol. The van der Waals surface area contributed by atoms with Crippen LogP contribution in [0.1, 0.15) is 1.43 Å². The molecule has 0 aromatic rings. The van der Waals surface area contributed by atoms with E-state index in [9.17, 15) is 0 Å². The summed E-state index contributed by atoms with van der Waals surface area (Å²) in [6.07, 6.45) is 0. The summed E-state index contributed by atoms with van der Waals surface area (Å²) in [4.78, 5) is 68.6. The second kappa shape index (κ2) is 14.6. The Hall–Kier alpha value is 1.55. The molecule has 0 aliphatic rings. The van der Waals surface area contributed by atoms with Crippen LogP contribution in [-0.2, 0) is 55.0 Å². The first kappa shape index (κ1) is 36.1. The molecule has 0 saturated heterocycles. The third-order valence-electron chi connectivity index (χ3n) is 0. The van der Waals surface area contributed by atoms with Crippen LogP contribution < -0.4 is 38.4 Å². The molecule has 14 heavy (non-hydrogen) atoms. The topological polar surface area (TPSA) is 217 Å². The maximum absolute atomic E-state index is 8.58. The van der Waals surface area contributed by atoms with Gasteiger partial charge in [0.1, 0.15) is 0 Å². The van der Waals surface area contributed by atoms with E-state index < -0.39 is 18.1 Å². The van der Waals surface area contributed by atoms with Crippen molar-refractivity contribution < 1.29 is 94.7 Å². The molecule has 0 radical (unpaired) electrons. The molecule has 0 aliphatic carbocycles. The van der Waals surface area contributed by atoms with Crippen molar-refractivity contribution >= 4 is 18.1 Å². The predicted octanol–water partition coefficient (Wildman–Crippen LogP) is -11.1. The van der Waals surface area contributed by atoms with Crippen LogP contribution in [0.5, 0.6) is 0 Å². The molecule has 9 nitrogen and oxygen atoms in total. The molecular weight excluding hydrogens is 376 g/mol. The Balaban J connectivity index is -0.0000000128. The van der Waals surface area contributed by atoms with Crippen molar-refractivity contribution in [3.8, 4) is 0 Å². The zero-order chi connectivity index (χ0) is 9.00. The summed E-state index contributed by atoms with van der Waals surface area (Å²) in [5.41, 5.74) is 0. The Morgan fingerprint density at radius 2 is 0.500 bits per heavy atom. The third kappa shape index (κ3) is 884. The van der Waals surface area contributed by atoms with Crippen molar-refractivity contribution in [3.63, 3.8) is 0 Å². The standard InChI is InChI=1S/3Ni.2O4Si.H2O/c;;;2*1-5(2,3)4;/h;;;;;1H2/q3*+2;2*-4;/p+2. The van der Waals surface area contributed by atoms with Gasteiger partial charge in [0.05, 0.1) is 0 Å². The Morgan fingerprint density at radius 3 is 0.500 bits per heavy atom. The first-order valence-corrected chi connectivity index (χ1v) is 4.90. The van der Waals surface area contributed by atoms with E-state index in [-0.39, 0.29) is 56.4 Å². The van der Waals surface area contributed by atoms with Crippen molar-refractivity contribution in [2.24, 2.45) is 0 Å². The molecule has 0 aliphatic heterocycles. The number of hydrogen-bond donors (Lipinski definition) is 0. The second-order valence-electron chi connectivity index (χ2n) is 1.00. The van der Waals surface area contributed by atoms with Gasteiger partial charge >= 0.3 is 50.9 Å². The quantitative estimate of drug-likeness (QED) is 0.289. The first-order chi connectivity index (χ1) is 4.00. The molecule has 0 aromatic heterocycles. The fraction of sp³-hybridized carbons (Fsp3) is 0. The van der Waals surface area contributed by atoms with Crippen LogP contribution in [0.25, 0.3) is 0 Å². The van der Waals surface area contributed by atoms with Gasteiger partial charge in [0.2, 0.25) is 0 Å². The molecular formula is H4Ni3O9Si2. The van der Waals surface area contributed by atoms with E-state index in [1.807, 2.05) is 0 Å². The molecule has 0 spiro atoms. The second-order valence-corrected chi connectivity index (χ2v) is 3.00. The van der Waals surface area contributed by atoms with Crippen LogP contribution in [0.15, 0.2) is 0 Å². The zero-order valence-corrected chi connectivity index (χ0v) is 10.8. The molecule has 0 amide bonds. The van der Waals surface area contributed by atoms with Crippen LogP contribution in [0.4, 0.5) is 0 Å². The van der Waals surface area contributed by atoms with E-state index in [4.69, 9.17) is 38.4 Å². The maximum atomic E-state index is 8.58. The average Bonchev–Trinajstić information content (AvgIpc) is 1.12. The van der Waals surface area contributed by atoms with Crippen LogP contribution in [-0.4, -0.2) is 18.1 Å². The summed E-state index contributed by atoms with van der Waals surface area (Å²) in [6.45, 7) is 0. The summed E-state index contributed by atoms with van der Waals surface area (Å²) in [6, 6.07) is 0. The van der Waals surface area contributed by atoms with Crippen LogP contribution in [0.2, 0.25) is 0 Å². The van der Waals surface area contributed by atoms with Gasteiger partial charge < -0.3 is 61.9 Å². The van der Waals surface area contributed by atoms with Crippen LogP contribution in [0.3, 0.4) is 0 Å². The van der Waals surface area contributed by atoms with E-state index in [1.165, 1.54) is 0 Å². The van der Waals surface area contributed by atoms with Gasteiger partial charge in [0, 0.05) is 0 Å². The Bertz CT molecular complexity index is 66.3. The van der Waals surface area contributed by atoms with Crippen LogP contribution in [0, 0.1) is 0 Å². The van der Waals surface area contributed by atoms with Gasteiger partial charge in [-0.05, 0) is 0 Å². The van der Waals surface area contributed by atoms with Gasteiger partial charge in [0.25, 0.3) is 0 Å². The minimum Gasteiger partial charge on any atom is -0.894 e. The molecule has 0 bridgehead atoms. The number of hydrogen-bond acceptors (Lipinski definition) is 8. The molecule has 3 N–H and O–H groups in total. The fourth-order valence-corrected chi connectivity index (χ4v) is 0. The van der Waals surface area contributed by atoms with E-state index >= 15 is 0 Å². The molecule has 0 fully saturated rings. The normalized spacial score (nSPS) is 8.57. The molecule has 0 unspecified atom stereocenters. The molecule has 0 atom stereocenters. The zero-order valence-electron chi connectivity index (χ0n) is 6.79. The largest absolute Gasteiger partial charge is 2.00 e. The molecule has 96 valence electrons. The summed E-state index contributed by atoms with van der Waals surface area (Å²) < 4.78 is 0. The number of rotatable bonds is 0. The van der Waals surface area contributed by atoms with Gasteiger partial charge in [-0.25, -0.2) is 0 Å². The molecule has 14 heteroatoms. The van der Waals surface area contributed by atoms with E-state index in [0.29, 0.717) is 0 Å². The fourth-order valence-electron chi connectivity index (χ4n) is 0. The minimum absolute atomic E-state index is 0. The van der Waals surface area contributed by atoms with E-state index in [2.05, 4.69) is 0 Å². The predicted molar refractivity (Wildman–Crippen MR) is 17.5 cm³/mol. The summed E-state index contributed by atoms with van der Waals surface area (Å²) in [5.74, 6) is 0. The Kier molecular flexibility index (Phi) is 37.5. The smallest absolute Gasteiger partial charge is 0.894 e. The Labute approximate surface area is 113 Å². The van der Waals surface area contributed by atoms with E-state index in [0.717, 1.165) is 0 Å². The molecule has 0 rings (SSSR count). The molecule has 0 saturated carbocycles. The van der Waals surface area contributed by atoms with Crippen molar-refractivity contribution in [3.05, 3.63) is 0 Å². The van der Waals surface area contributed by atoms with Gasteiger partial charge in [-0.2, -0.15) is 0 Å². The third-order valence-corrected chi connectivity index (χ3v) is 0. The summed E-state index contributed by atoms with van der Waals surface area (Å²) >= 11 is 0. The van der Waals surface area contributed by atoms with Gasteiger partial charge in [0.15, 0.2) is 0 Å². The van der Waals surface area contributed by atoms with Gasteiger partial charge in [-0.15, -0.1) is 0 Å². The van der Waals surface area contributed by atoms with E-state index in [1.54, 1.807) is 0 Å². The first-order valence-electron chi connectivity index (χ1n) is 1.63. The minimum atomic E-state index is -5.61. The average molecular weight is 380 g/mol. The molecule has 0 heterocycles. The van der Waals surface area contributed by atoms with Crippen LogP contribution >= 0.6 is 0 Å². The molecule has 0 aromatic carbocycles. The van der Waals surface area contributed by atoms with Crippen molar-refractivity contribution in [1.82, 2.24) is 0 Å². The van der Waals surface area contributed by atoms with Crippen molar-refractivity contribution in [1.29, 1.82) is 0 Å².